The van der Waals surface area contributed by atoms with Gasteiger partial charge in [0, 0.05) is 48.6 Å². The fourth-order valence-corrected chi connectivity index (χ4v) is 2.20. The van der Waals surface area contributed by atoms with E-state index in [0.717, 1.165) is 16.9 Å². The molecule has 0 aliphatic rings. The van der Waals surface area contributed by atoms with Crippen LogP contribution < -0.4 is 5.32 Å². The highest BCUT2D eigenvalue weighted by molar-refractivity contribution is 5.49. The lowest BCUT2D eigenvalue weighted by Gasteiger charge is -2.17. The van der Waals surface area contributed by atoms with Crippen molar-refractivity contribution >= 4 is 11.4 Å². The number of nitro benzene ring substituents is 1. The van der Waals surface area contributed by atoms with Gasteiger partial charge in [0.05, 0.1) is 10.6 Å². The maximum Gasteiger partial charge on any atom is 0.269 e. The van der Waals surface area contributed by atoms with Crippen LogP contribution in [-0.4, -0.2) is 14.7 Å². The quantitative estimate of drug-likeness (QED) is 0.692. The second-order valence-electron chi connectivity index (χ2n) is 6.08. The number of nitro groups is 1. The fraction of sp³-hybridized carbons (Fsp3) is 0.400. The summed E-state index contributed by atoms with van der Waals surface area (Å²) in [5, 5.41) is 18.4. The van der Waals surface area contributed by atoms with Gasteiger partial charge in [0.1, 0.15) is 0 Å². The van der Waals surface area contributed by atoms with E-state index in [1.165, 1.54) is 12.1 Å². The van der Waals surface area contributed by atoms with Gasteiger partial charge < -0.3 is 5.32 Å². The molecule has 0 spiro atoms. The Morgan fingerprint density at radius 2 is 1.90 bits per heavy atom. The van der Waals surface area contributed by atoms with Crippen LogP contribution in [0.1, 0.15) is 32.0 Å². The molecular weight excluding hydrogens is 268 g/mol. The van der Waals surface area contributed by atoms with E-state index >= 15 is 0 Å². The largest absolute Gasteiger partial charge is 0.381 e. The Hall–Kier alpha value is -2.37. The summed E-state index contributed by atoms with van der Waals surface area (Å²) in [5.41, 5.74) is 3.11. The molecule has 0 radical (unpaired) electrons. The van der Waals surface area contributed by atoms with Gasteiger partial charge in [-0.1, -0.05) is 20.8 Å². The molecule has 0 atom stereocenters. The van der Waals surface area contributed by atoms with E-state index in [4.69, 9.17) is 0 Å². The lowest BCUT2D eigenvalue weighted by molar-refractivity contribution is -0.384. The monoisotopic (exact) mass is 288 g/mol. The molecule has 6 heteroatoms. The van der Waals surface area contributed by atoms with Gasteiger partial charge in [0.25, 0.3) is 5.69 Å². The maximum atomic E-state index is 10.6. The number of anilines is 1. The zero-order chi connectivity index (χ0) is 15.6. The molecule has 112 valence electrons. The van der Waals surface area contributed by atoms with Crippen LogP contribution in [0.15, 0.2) is 30.5 Å². The van der Waals surface area contributed by atoms with Crippen LogP contribution >= 0.6 is 0 Å². The molecule has 0 aliphatic heterocycles. The van der Waals surface area contributed by atoms with Gasteiger partial charge in [-0.05, 0) is 12.1 Å². The number of rotatable bonds is 4. The summed E-state index contributed by atoms with van der Waals surface area (Å²) >= 11 is 0. The zero-order valence-corrected chi connectivity index (χ0v) is 12.8. The summed E-state index contributed by atoms with van der Waals surface area (Å²) in [6, 6.07) is 6.42. The first-order valence-electron chi connectivity index (χ1n) is 6.78. The number of hydrogen-bond acceptors (Lipinski definition) is 4. The molecule has 2 rings (SSSR count). The lowest BCUT2D eigenvalue weighted by atomic mass is 9.89. The molecule has 1 aromatic heterocycles. The molecule has 1 aromatic carbocycles. The van der Waals surface area contributed by atoms with Crippen LogP contribution in [0.25, 0.3) is 0 Å². The van der Waals surface area contributed by atoms with E-state index < -0.39 is 4.92 Å². The van der Waals surface area contributed by atoms with Crippen molar-refractivity contribution in [2.24, 2.45) is 7.05 Å². The van der Waals surface area contributed by atoms with Crippen LogP contribution in [0.3, 0.4) is 0 Å². The van der Waals surface area contributed by atoms with Crippen molar-refractivity contribution in [1.29, 1.82) is 0 Å². The second kappa shape index (κ2) is 5.55. The Kier molecular flexibility index (Phi) is 3.97. The molecule has 0 unspecified atom stereocenters. The Balaban J connectivity index is 2.11. The predicted molar refractivity (Wildman–Crippen MR) is 82.3 cm³/mol. The summed E-state index contributed by atoms with van der Waals surface area (Å²) in [6.45, 7) is 7.03. The zero-order valence-electron chi connectivity index (χ0n) is 12.8. The van der Waals surface area contributed by atoms with Crippen molar-refractivity contribution in [2.75, 3.05) is 5.32 Å². The van der Waals surface area contributed by atoms with Crippen molar-refractivity contribution < 1.29 is 4.92 Å². The van der Waals surface area contributed by atoms with Crippen LogP contribution in [0.2, 0.25) is 0 Å². The van der Waals surface area contributed by atoms with Gasteiger partial charge in [0.2, 0.25) is 0 Å². The number of non-ortho nitro benzene ring substituents is 1. The highest BCUT2D eigenvalue weighted by Gasteiger charge is 2.21. The molecular formula is C15H20N4O2. The maximum absolute atomic E-state index is 10.6. The average Bonchev–Trinajstić information content (AvgIpc) is 2.78. The van der Waals surface area contributed by atoms with Gasteiger partial charge in [-0.3, -0.25) is 14.8 Å². The average molecular weight is 288 g/mol. The smallest absolute Gasteiger partial charge is 0.269 e. The van der Waals surface area contributed by atoms with Crippen LogP contribution in [0, 0.1) is 10.1 Å². The highest BCUT2D eigenvalue weighted by Crippen LogP contribution is 2.25. The minimum Gasteiger partial charge on any atom is -0.381 e. The van der Waals surface area contributed by atoms with Crippen molar-refractivity contribution in [2.45, 2.75) is 32.7 Å². The van der Waals surface area contributed by atoms with Crippen molar-refractivity contribution in [1.82, 2.24) is 9.78 Å². The number of benzene rings is 1. The molecule has 0 fully saturated rings. The van der Waals surface area contributed by atoms with Gasteiger partial charge in [-0.2, -0.15) is 5.10 Å². The molecule has 1 N–H and O–H groups in total. The van der Waals surface area contributed by atoms with Gasteiger partial charge in [0.15, 0.2) is 0 Å². The predicted octanol–water partition coefficient (Wildman–Crippen LogP) is 3.24. The molecule has 6 nitrogen and oxygen atoms in total. The van der Waals surface area contributed by atoms with Crippen LogP contribution in [0.5, 0.6) is 0 Å². The molecule has 1 heterocycles. The van der Waals surface area contributed by atoms with Crippen molar-refractivity contribution in [3.8, 4) is 0 Å². The molecule has 0 saturated heterocycles. The third kappa shape index (κ3) is 3.59. The number of hydrogen-bond donors (Lipinski definition) is 1. The second-order valence-corrected chi connectivity index (χ2v) is 6.08. The molecule has 0 amide bonds. The topological polar surface area (TPSA) is 73.0 Å². The fourth-order valence-electron chi connectivity index (χ4n) is 2.20. The van der Waals surface area contributed by atoms with Gasteiger partial charge in [-0.25, -0.2) is 0 Å². The number of aromatic nitrogens is 2. The summed E-state index contributed by atoms with van der Waals surface area (Å²) in [4.78, 5) is 10.2. The molecule has 0 saturated carbocycles. The number of aryl methyl sites for hydroxylation is 1. The summed E-state index contributed by atoms with van der Waals surface area (Å²) < 4.78 is 1.81. The third-order valence-corrected chi connectivity index (χ3v) is 3.18. The first-order valence-corrected chi connectivity index (χ1v) is 6.78. The van der Waals surface area contributed by atoms with Crippen molar-refractivity contribution in [3.63, 3.8) is 0 Å². The van der Waals surface area contributed by atoms with Crippen LogP contribution in [0.4, 0.5) is 11.4 Å². The molecule has 21 heavy (non-hydrogen) atoms. The first-order chi connectivity index (χ1) is 9.77. The summed E-state index contributed by atoms with van der Waals surface area (Å²) in [5.74, 6) is 0. The highest BCUT2D eigenvalue weighted by atomic mass is 16.6. The molecule has 0 aliphatic carbocycles. The van der Waals surface area contributed by atoms with E-state index in [0.29, 0.717) is 6.54 Å². The number of nitrogens with zero attached hydrogens (tertiary/aromatic N) is 3. The Bertz CT molecular complexity index is 639. The Labute approximate surface area is 123 Å². The minimum atomic E-state index is -0.400. The SMILES string of the molecule is Cn1cc(CNc2ccc([N+](=O)[O-])cc2)c(C(C)(C)C)n1. The van der Waals surface area contributed by atoms with Crippen molar-refractivity contribution in [3.05, 3.63) is 51.8 Å². The Morgan fingerprint density at radius 3 is 2.43 bits per heavy atom. The Morgan fingerprint density at radius 1 is 1.29 bits per heavy atom. The van der Waals surface area contributed by atoms with E-state index in [-0.39, 0.29) is 11.1 Å². The summed E-state index contributed by atoms with van der Waals surface area (Å²) in [7, 11) is 1.91. The van der Waals surface area contributed by atoms with E-state index in [1.807, 2.05) is 17.9 Å². The lowest BCUT2D eigenvalue weighted by Crippen LogP contribution is -2.16. The van der Waals surface area contributed by atoms with E-state index in [9.17, 15) is 10.1 Å². The van der Waals surface area contributed by atoms with Gasteiger partial charge in [-0.15, -0.1) is 0 Å². The minimum absolute atomic E-state index is 0.0201. The number of nitrogens with one attached hydrogen (secondary N) is 1. The van der Waals surface area contributed by atoms with E-state index in [1.54, 1.807) is 12.1 Å². The normalized spacial score (nSPS) is 11.4. The summed E-state index contributed by atoms with van der Waals surface area (Å²) in [6.07, 6.45) is 2.00. The third-order valence-electron chi connectivity index (χ3n) is 3.18. The molecule has 2 aromatic rings. The van der Waals surface area contributed by atoms with Gasteiger partial charge >= 0.3 is 0 Å². The standard InChI is InChI=1S/C15H20N4O2/c1-15(2,3)14-11(10-18(4)17-14)9-16-12-5-7-13(8-6-12)19(20)21/h5-8,10,16H,9H2,1-4H3. The molecule has 0 bridgehead atoms. The first kappa shape index (κ1) is 15.0. The van der Waals surface area contributed by atoms with E-state index in [2.05, 4.69) is 31.2 Å². The van der Waals surface area contributed by atoms with Crippen LogP contribution in [-0.2, 0) is 19.0 Å².